The Morgan fingerprint density at radius 1 is 1.43 bits per heavy atom. The van der Waals surface area contributed by atoms with Gasteiger partial charge in [0, 0.05) is 38.0 Å². The molecule has 0 radical (unpaired) electrons. The zero-order valence-electron chi connectivity index (χ0n) is 12.2. The van der Waals surface area contributed by atoms with Gasteiger partial charge in [-0.05, 0) is 19.2 Å². The third-order valence-corrected chi connectivity index (χ3v) is 5.35. The summed E-state index contributed by atoms with van der Waals surface area (Å²) in [7, 11) is -2.17. The zero-order chi connectivity index (χ0) is 16.0. The minimum absolute atomic E-state index is 0.0542. The van der Waals surface area contributed by atoms with Crippen molar-refractivity contribution in [3.8, 4) is 0 Å². The zero-order valence-corrected chi connectivity index (χ0v) is 13.8. The fourth-order valence-corrected chi connectivity index (χ4v) is 3.58. The predicted molar refractivity (Wildman–Crippen MR) is 85.5 cm³/mol. The quantitative estimate of drug-likeness (QED) is 0.578. The van der Waals surface area contributed by atoms with Gasteiger partial charge in [0.2, 0.25) is 10.0 Å². The van der Waals surface area contributed by atoms with Crippen LogP contribution in [0.5, 0.6) is 0 Å². The lowest BCUT2D eigenvalue weighted by Gasteiger charge is -2.19. The Morgan fingerprint density at radius 3 is 2.62 bits per heavy atom. The molecule has 0 aromatic heterocycles. The Labute approximate surface area is 128 Å². The Morgan fingerprint density at radius 2 is 2.10 bits per heavy atom. The van der Waals surface area contributed by atoms with Gasteiger partial charge in [-0.2, -0.15) is 11.8 Å². The summed E-state index contributed by atoms with van der Waals surface area (Å²) < 4.78 is 26.3. The highest BCUT2D eigenvalue weighted by atomic mass is 32.2. The summed E-state index contributed by atoms with van der Waals surface area (Å²) in [6.45, 7) is 2.65. The number of thioether (sulfide) groups is 1. The first-order valence-corrected chi connectivity index (χ1v) is 9.15. The second-order valence-electron chi connectivity index (χ2n) is 4.29. The molecular formula is C12H19N3O4S2. The molecule has 0 unspecified atom stereocenters. The molecule has 0 fully saturated rings. The number of nitro benzene ring substituents is 1. The smallest absolute Gasteiger partial charge is 0.271 e. The van der Waals surface area contributed by atoms with Crippen LogP contribution in [0, 0.1) is 10.1 Å². The van der Waals surface area contributed by atoms with E-state index in [1.165, 1.54) is 29.6 Å². The van der Waals surface area contributed by atoms with Crippen LogP contribution in [0.4, 0.5) is 11.4 Å². The molecule has 0 heterocycles. The Balaban J connectivity index is 3.24. The number of hydrogen-bond donors (Lipinski definition) is 1. The minimum atomic E-state index is -3.67. The highest BCUT2D eigenvalue weighted by Crippen LogP contribution is 2.28. The fourth-order valence-electron chi connectivity index (χ4n) is 1.69. The van der Waals surface area contributed by atoms with Gasteiger partial charge in [0.25, 0.3) is 5.69 Å². The number of rotatable bonds is 8. The second kappa shape index (κ2) is 7.62. The molecule has 1 aromatic rings. The van der Waals surface area contributed by atoms with E-state index in [9.17, 15) is 18.5 Å². The van der Waals surface area contributed by atoms with Crippen LogP contribution in [0.15, 0.2) is 23.1 Å². The van der Waals surface area contributed by atoms with Gasteiger partial charge >= 0.3 is 0 Å². The fraction of sp³-hybridized carbons (Fsp3) is 0.500. The topological polar surface area (TPSA) is 92.5 Å². The van der Waals surface area contributed by atoms with E-state index in [1.807, 2.05) is 6.26 Å². The van der Waals surface area contributed by atoms with E-state index in [0.29, 0.717) is 18.8 Å². The summed E-state index contributed by atoms with van der Waals surface area (Å²) in [4.78, 5) is 10.3. The molecule has 118 valence electrons. The van der Waals surface area contributed by atoms with Crippen LogP contribution in [0.3, 0.4) is 0 Å². The Bertz CT molecular complexity index is 605. The van der Waals surface area contributed by atoms with Crippen LogP contribution in [0.25, 0.3) is 0 Å². The maximum atomic E-state index is 12.5. The van der Waals surface area contributed by atoms with Crippen LogP contribution in [-0.2, 0) is 10.0 Å². The summed E-state index contributed by atoms with van der Waals surface area (Å²) in [6, 6.07) is 3.73. The molecule has 0 spiro atoms. The number of sulfonamides is 1. The number of nitrogens with one attached hydrogen (secondary N) is 1. The predicted octanol–water partition coefficient (Wildman–Crippen LogP) is 2.01. The molecule has 0 saturated carbocycles. The third kappa shape index (κ3) is 4.32. The van der Waals surface area contributed by atoms with Gasteiger partial charge in [-0.15, -0.1) is 0 Å². The van der Waals surface area contributed by atoms with Crippen LogP contribution in [0.2, 0.25) is 0 Å². The Kier molecular flexibility index (Phi) is 6.43. The standard InChI is InChI=1S/C12H19N3O4S2/c1-4-13-11-9-10(15(16)17)5-6-12(11)21(18,19)14(2)7-8-20-3/h5-6,9,13H,4,7-8H2,1-3H3. The highest BCUT2D eigenvalue weighted by Gasteiger charge is 2.25. The maximum absolute atomic E-state index is 12.5. The van der Waals surface area contributed by atoms with Crippen molar-refractivity contribution >= 4 is 33.2 Å². The van der Waals surface area contributed by atoms with E-state index in [2.05, 4.69) is 5.32 Å². The number of anilines is 1. The molecule has 21 heavy (non-hydrogen) atoms. The van der Waals surface area contributed by atoms with Crippen molar-refractivity contribution in [1.29, 1.82) is 0 Å². The lowest BCUT2D eigenvalue weighted by atomic mass is 10.3. The van der Waals surface area contributed by atoms with Gasteiger partial charge in [-0.1, -0.05) is 0 Å². The molecule has 0 aliphatic heterocycles. The number of nitrogens with zero attached hydrogens (tertiary/aromatic N) is 2. The van der Waals surface area contributed by atoms with Crippen molar-refractivity contribution in [1.82, 2.24) is 4.31 Å². The van der Waals surface area contributed by atoms with Crippen molar-refractivity contribution < 1.29 is 13.3 Å². The van der Waals surface area contributed by atoms with E-state index in [4.69, 9.17) is 0 Å². The Hall–Kier alpha value is -1.32. The lowest BCUT2D eigenvalue weighted by Crippen LogP contribution is -2.29. The molecule has 0 atom stereocenters. The summed E-state index contributed by atoms with van der Waals surface area (Å²) in [5.74, 6) is 0.680. The van der Waals surface area contributed by atoms with E-state index in [0.717, 1.165) is 0 Å². The summed E-state index contributed by atoms with van der Waals surface area (Å²) in [5, 5.41) is 13.7. The maximum Gasteiger partial charge on any atom is 0.271 e. The van der Waals surface area contributed by atoms with Crippen LogP contribution in [-0.4, -0.2) is 49.8 Å². The third-order valence-electron chi connectivity index (χ3n) is 2.84. The van der Waals surface area contributed by atoms with Crippen molar-refractivity contribution in [2.75, 3.05) is 37.5 Å². The summed E-state index contributed by atoms with van der Waals surface area (Å²) in [6.07, 6.45) is 1.90. The normalized spacial score (nSPS) is 11.6. The highest BCUT2D eigenvalue weighted by molar-refractivity contribution is 7.98. The first-order valence-electron chi connectivity index (χ1n) is 6.32. The van der Waals surface area contributed by atoms with Crippen molar-refractivity contribution in [2.45, 2.75) is 11.8 Å². The number of nitro groups is 1. The monoisotopic (exact) mass is 333 g/mol. The van der Waals surface area contributed by atoms with Crippen LogP contribution >= 0.6 is 11.8 Å². The first-order chi connectivity index (χ1) is 9.84. The average molecular weight is 333 g/mol. The van der Waals surface area contributed by atoms with Gasteiger partial charge in [-0.25, -0.2) is 12.7 Å². The number of benzene rings is 1. The van der Waals surface area contributed by atoms with Gasteiger partial charge in [0.05, 0.1) is 10.6 Å². The lowest BCUT2D eigenvalue weighted by molar-refractivity contribution is -0.384. The summed E-state index contributed by atoms with van der Waals surface area (Å²) in [5.41, 5.74) is 0.111. The van der Waals surface area contributed by atoms with Gasteiger partial charge in [0.15, 0.2) is 0 Å². The van der Waals surface area contributed by atoms with E-state index in [-0.39, 0.29) is 16.3 Å². The van der Waals surface area contributed by atoms with E-state index in [1.54, 1.807) is 18.7 Å². The molecule has 1 N–H and O–H groups in total. The summed E-state index contributed by atoms with van der Waals surface area (Å²) >= 11 is 1.55. The molecule has 0 bridgehead atoms. The van der Waals surface area contributed by atoms with Crippen molar-refractivity contribution in [3.63, 3.8) is 0 Å². The molecule has 1 rings (SSSR count). The number of hydrogen-bond acceptors (Lipinski definition) is 6. The number of non-ortho nitro benzene ring substituents is 1. The van der Waals surface area contributed by atoms with E-state index >= 15 is 0 Å². The molecule has 0 aliphatic rings. The van der Waals surface area contributed by atoms with Crippen LogP contribution in [0.1, 0.15) is 6.92 Å². The average Bonchev–Trinajstić information content (AvgIpc) is 2.44. The van der Waals surface area contributed by atoms with Gasteiger partial charge in [-0.3, -0.25) is 10.1 Å². The van der Waals surface area contributed by atoms with Crippen LogP contribution < -0.4 is 5.32 Å². The molecule has 9 heteroatoms. The second-order valence-corrected chi connectivity index (χ2v) is 7.29. The first kappa shape index (κ1) is 17.7. The molecule has 0 amide bonds. The van der Waals surface area contributed by atoms with Gasteiger partial charge in [0.1, 0.15) is 4.90 Å². The van der Waals surface area contributed by atoms with Crippen molar-refractivity contribution in [2.24, 2.45) is 0 Å². The van der Waals surface area contributed by atoms with Crippen molar-refractivity contribution in [3.05, 3.63) is 28.3 Å². The SMILES string of the molecule is CCNc1cc([N+](=O)[O-])ccc1S(=O)(=O)N(C)CCSC. The molecule has 7 nitrogen and oxygen atoms in total. The molecular weight excluding hydrogens is 314 g/mol. The molecule has 0 saturated heterocycles. The largest absolute Gasteiger partial charge is 0.384 e. The molecule has 0 aliphatic carbocycles. The van der Waals surface area contributed by atoms with E-state index < -0.39 is 14.9 Å². The minimum Gasteiger partial charge on any atom is -0.384 e. The molecule has 1 aromatic carbocycles. The van der Waals surface area contributed by atoms with Gasteiger partial charge < -0.3 is 5.32 Å².